The maximum Gasteiger partial charge on any atom is 0.312 e. The van der Waals surface area contributed by atoms with Crippen molar-refractivity contribution in [2.24, 2.45) is 57.7 Å². The van der Waals surface area contributed by atoms with Gasteiger partial charge in [0.2, 0.25) is 0 Å². The first-order valence-electron chi connectivity index (χ1n) is 14.2. The minimum Gasteiger partial charge on any atom is -0.462 e. The molecule has 0 saturated heterocycles. The lowest BCUT2D eigenvalue weighted by atomic mass is 9.50. The molecule has 0 aromatic carbocycles. The number of rotatable bonds is 5. The van der Waals surface area contributed by atoms with Gasteiger partial charge in [-0.2, -0.15) is 0 Å². The van der Waals surface area contributed by atoms with Crippen molar-refractivity contribution < 1.29 is 19.1 Å². The molecule has 5 unspecified atom stereocenters. The van der Waals surface area contributed by atoms with Gasteiger partial charge in [-0.1, -0.05) is 34.6 Å². The molecule has 0 radical (unpaired) electrons. The Hall–Kier alpha value is -1.06. The quantitative estimate of drug-likeness (QED) is 0.427. The average molecular weight is 471 g/mol. The van der Waals surface area contributed by atoms with Crippen molar-refractivity contribution >= 4 is 11.9 Å². The molecule has 0 aromatic rings. The first-order valence-corrected chi connectivity index (χ1v) is 14.2. The van der Waals surface area contributed by atoms with Crippen LogP contribution < -0.4 is 0 Å². The zero-order chi connectivity index (χ0) is 24.3. The van der Waals surface area contributed by atoms with Crippen LogP contribution >= 0.6 is 0 Å². The van der Waals surface area contributed by atoms with Crippen LogP contribution in [0.1, 0.15) is 106 Å². The van der Waals surface area contributed by atoms with Crippen LogP contribution in [0.4, 0.5) is 0 Å². The van der Waals surface area contributed by atoms with Gasteiger partial charge in [-0.05, 0) is 112 Å². The van der Waals surface area contributed by atoms with Crippen molar-refractivity contribution in [1.29, 1.82) is 0 Å². The number of ether oxygens (including phenoxy) is 2. The van der Waals surface area contributed by atoms with E-state index in [1.165, 1.54) is 32.1 Å². The van der Waals surface area contributed by atoms with Crippen molar-refractivity contribution in [3.8, 4) is 0 Å². The number of fused-ring (bicyclic) bond motifs is 2. The van der Waals surface area contributed by atoms with Gasteiger partial charge in [-0.25, -0.2) is 0 Å². The summed E-state index contributed by atoms with van der Waals surface area (Å²) < 4.78 is 12.8. The summed E-state index contributed by atoms with van der Waals surface area (Å²) in [5.74, 6) is 3.40. The highest BCUT2D eigenvalue weighted by Crippen LogP contribution is 2.69. The second-order valence-corrected chi connectivity index (χ2v) is 15.6. The van der Waals surface area contributed by atoms with E-state index < -0.39 is 0 Å². The van der Waals surface area contributed by atoms with Crippen LogP contribution in [-0.4, -0.2) is 23.6 Å². The molecule has 190 valence electrons. The fraction of sp³-hybridized carbons (Fsp3) is 0.933. The highest BCUT2D eigenvalue weighted by molar-refractivity contribution is 5.82. The van der Waals surface area contributed by atoms with Crippen LogP contribution in [-0.2, 0) is 19.1 Å². The third-order valence-corrected chi connectivity index (χ3v) is 11.5. The van der Waals surface area contributed by atoms with Crippen LogP contribution in [0.5, 0.6) is 0 Å². The normalized spacial score (nSPS) is 49.8. The van der Waals surface area contributed by atoms with Gasteiger partial charge in [0.05, 0.1) is 11.3 Å². The van der Waals surface area contributed by atoms with Gasteiger partial charge in [-0.15, -0.1) is 0 Å². The monoisotopic (exact) mass is 470 g/mol. The Balaban J connectivity index is 1.13. The smallest absolute Gasteiger partial charge is 0.312 e. The van der Waals surface area contributed by atoms with E-state index in [-0.39, 0.29) is 51.7 Å². The molecule has 7 saturated carbocycles. The van der Waals surface area contributed by atoms with E-state index in [0.29, 0.717) is 17.8 Å². The molecule has 0 aromatic heterocycles. The van der Waals surface area contributed by atoms with E-state index in [0.717, 1.165) is 43.9 Å². The lowest BCUT2D eigenvalue weighted by Gasteiger charge is -2.59. The van der Waals surface area contributed by atoms with Crippen LogP contribution in [0.3, 0.4) is 0 Å². The molecule has 4 nitrogen and oxygen atoms in total. The Morgan fingerprint density at radius 1 is 0.824 bits per heavy atom. The van der Waals surface area contributed by atoms with E-state index >= 15 is 0 Å². The van der Waals surface area contributed by atoms with E-state index in [1.54, 1.807) is 0 Å². The number of hydrogen-bond donors (Lipinski definition) is 0. The number of esters is 2. The SMILES string of the molecule is CC(C)(C)CC1(C(=O)OC2CC3CC(C(=O)OC4(C)C5CC6CC(C5)CC4C6)C2C3)CC1(C)C. The number of hydrogen-bond acceptors (Lipinski definition) is 4. The van der Waals surface area contributed by atoms with Gasteiger partial charge >= 0.3 is 11.9 Å². The van der Waals surface area contributed by atoms with E-state index in [9.17, 15) is 9.59 Å². The summed E-state index contributed by atoms with van der Waals surface area (Å²) in [5, 5.41) is 0. The Morgan fingerprint density at radius 2 is 1.38 bits per heavy atom. The number of carbonyl (C=O) groups excluding carboxylic acids is 2. The molecule has 0 spiro atoms. The highest BCUT2D eigenvalue weighted by atomic mass is 16.6. The number of carbonyl (C=O) groups is 2. The van der Waals surface area contributed by atoms with Crippen molar-refractivity contribution in [2.75, 3.05) is 0 Å². The van der Waals surface area contributed by atoms with Gasteiger partial charge in [0.25, 0.3) is 0 Å². The molecule has 7 aliphatic rings. The van der Waals surface area contributed by atoms with Crippen LogP contribution in [0, 0.1) is 57.7 Å². The summed E-state index contributed by atoms with van der Waals surface area (Å²) in [6.07, 6.45) is 10.9. The van der Waals surface area contributed by atoms with Crippen molar-refractivity contribution in [3.63, 3.8) is 0 Å². The third kappa shape index (κ3) is 3.51. The molecule has 0 aliphatic heterocycles. The van der Waals surface area contributed by atoms with Gasteiger partial charge in [0.1, 0.15) is 11.7 Å². The van der Waals surface area contributed by atoms with Gasteiger partial charge in [-0.3, -0.25) is 9.59 Å². The van der Waals surface area contributed by atoms with Crippen molar-refractivity contribution in [3.05, 3.63) is 0 Å². The van der Waals surface area contributed by atoms with E-state index in [2.05, 4.69) is 41.5 Å². The molecule has 5 atom stereocenters. The van der Waals surface area contributed by atoms with Crippen LogP contribution in [0.15, 0.2) is 0 Å². The van der Waals surface area contributed by atoms with E-state index in [1.807, 2.05) is 0 Å². The first-order chi connectivity index (χ1) is 15.8. The first kappa shape index (κ1) is 23.3. The zero-order valence-corrected chi connectivity index (χ0v) is 22.3. The fourth-order valence-electron chi connectivity index (χ4n) is 9.86. The van der Waals surface area contributed by atoms with Crippen LogP contribution in [0.25, 0.3) is 0 Å². The Bertz CT molecular complexity index is 853. The van der Waals surface area contributed by atoms with Gasteiger partial charge in [0.15, 0.2) is 0 Å². The Kier molecular flexibility index (Phi) is 4.98. The summed E-state index contributed by atoms with van der Waals surface area (Å²) in [6, 6.07) is 0. The summed E-state index contributed by atoms with van der Waals surface area (Å²) in [4.78, 5) is 27.1. The maximum absolute atomic E-state index is 13.6. The van der Waals surface area contributed by atoms with Crippen LogP contribution in [0.2, 0.25) is 0 Å². The summed E-state index contributed by atoms with van der Waals surface area (Å²) >= 11 is 0. The minimum absolute atomic E-state index is 0.00137. The molecule has 0 heterocycles. The van der Waals surface area contributed by atoms with E-state index in [4.69, 9.17) is 9.47 Å². The average Bonchev–Trinajstić information content (AvgIpc) is 3.05. The maximum atomic E-state index is 13.6. The molecular weight excluding hydrogens is 424 g/mol. The Morgan fingerprint density at radius 3 is 1.88 bits per heavy atom. The van der Waals surface area contributed by atoms with Gasteiger partial charge in [0, 0.05) is 5.92 Å². The second-order valence-electron chi connectivity index (χ2n) is 15.6. The molecule has 4 heteroatoms. The molecule has 7 rings (SSSR count). The molecule has 6 bridgehead atoms. The predicted octanol–water partition coefficient (Wildman–Crippen LogP) is 6.55. The summed E-state index contributed by atoms with van der Waals surface area (Å²) in [6.45, 7) is 13.3. The molecule has 0 amide bonds. The van der Waals surface area contributed by atoms with Gasteiger partial charge < -0.3 is 9.47 Å². The standard InChI is InChI=1S/C30H46O4/c1-27(2,3)15-30(16-28(30,4)5)26(32)33-24-14-19-12-22(24)23(13-19)25(31)34-29(6)20-8-17-7-18(10-20)11-21(29)9-17/h17-24H,7-16H2,1-6H3. The topological polar surface area (TPSA) is 52.6 Å². The fourth-order valence-corrected chi connectivity index (χ4v) is 9.86. The summed E-state index contributed by atoms with van der Waals surface area (Å²) in [7, 11) is 0. The second kappa shape index (κ2) is 7.25. The van der Waals surface area contributed by atoms with Crippen molar-refractivity contribution in [2.45, 2.75) is 117 Å². The predicted molar refractivity (Wildman–Crippen MR) is 131 cm³/mol. The minimum atomic E-state index is -0.364. The third-order valence-electron chi connectivity index (χ3n) is 11.5. The molecular formula is C30H46O4. The van der Waals surface area contributed by atoms with Crippen molar-refractivity contribution in [1.82, 2.24) is 0 Å². The molecule has 7 fully saturated rings. The largest absolute Gasteiger partial charge is 0.462 e. The lowest BCUT2D eigenvalue weighted by Crippen LogP contribution is -2.58. The lowest BCUT2D eigenvalue weighted by molar-refractivity contribution is -0.210. The molecule has 7 aliphatic carbocycles. The zero-order valence-electron chi connectivity index (χ0n) is 22.3. The Labute approximate surface area is 206 Å². The molecule has 0 N–H and O–H groups in total. The molecule has 34 heavy (non-hydrogen) atoms. The highest BCUT2D eigenvalue weighted by Gasteiger charge is 2.68. The summed E-state index contributed by atoms with van der Waals surface area (Å²) in [5.41, 5.74) is -0.548.